The maximum absolute atomic E-state index is 14.0. The maximum atomic E-state index is 14.0. The van der Waals surface area contributed by atoms with Crippen LogP contribution in [0, 0.1) is 11.6 Å². The van der Waals surface area contributed by atoms with Gasteiger partial charge in [0, 0.05) is 16.3 Å². The van der Waals surface area contributed by atoms with Crippen molar-refractivity contribution in [1.29, 1.82) is 0 Å². The molecule has 0 aliphatic carbocycles. The lowest BCUT2D eigenvalue weighted by atomic mass is 9.95. The normalized spacial score (nSPS) is 18.1. The summed E-state index contributed by atoms with van der Waals surface area (Å²) >= 11 is 5.89. The molecular weight excluding hydrogens is 412 g/mol. The number of carbonyl (C=O) groups excluding carboxylic acids is 2. The number of amides is 1. The van der Waals surface area contributed by atoms with Crippen LogP contribution < -0.4 is 4.90 Å². The van der Waals surface area contributed by atoms with Crippen LogP contribution >= 0.6 is 11.6 Å². The van der Waals surface area contributed by atoms with Gasteiger partial charge in [0.05, 0.1) is 11.6 Å². The second kappa shape index (κ2) is 7.72. The summed E-state index contributed by atoms with van der Waals surface area (Å²) in [4.78, 5) is 26.9. The predicted octanol–water partition coefficient (Wildman–Crippen LogP) is 5.24. The van der Waals surface area contributed by atoms with Crippen molar-refractivity contribution in [3.63, 3.8) is 0 Å². The molecule has 30 heavy (non-hydrogen) atoms. The molecule has 1 aliphatic heterocycles. The lowest BCUT2D eigenvalue weighted by molar-refractivity contribution is -0.132. The Morgan fingerprint density at radius 2 is 1.57 bits per heavy atom. The number of Topliss-reactive ketones (excluding diaryl/α,β-unsaturated/α-hetero) is 1. The molecular formula is C23H14ClF2NO3. The summed E-state index contributed by atoms with van der Waals surface area (Å²) in [6.45, 7) is 0. The van der Waals surface area contributed by atoms with E-state index in [0.29, 0.717) is 5.02 Å². The minimum Gasteiger partial charge on any atom is -0.507 e. The van der Waals surface area contributed by atoms with Gasteiger partial charge >= 0.3 is 0 Å². The van der Waals surface area contributed by atoms with Crippen molar-refractivity contribution >= 4 is 34.7 Å². The standard InChI is InChI=1S/C23H14ClF2NO3/c24-15-6-4-13(5-7-15)21(28)19-20(14-2-1-3-17(26)12-14)27(23(30)22(19)29)18-10-8-16(25)9-11-18/h1-12,20,28H/t20-/m1/s1. The van der Waals surface area contributed by atoms with E-state index in [1.54, 1.807) is 6.07 Å². The molecule has 7 heteroatoms. The van der Waals surface area contributed by atoms with Crippen molar-refractivity contribution in [2.24, 2.45) is 0 Å². The topological polar surface area (TPSA) is 57.6 Å². The van der Waals surface area contributed by atoms with Gasteiger partial charge in [-0.15, -0.1) is 0 Å². The van der Waals surface area contributed by atoms with Crippen molar-refractivity contribution in [3.8, 4) is 0 Å². The number of ketones is 1. The minimum atomic E-state index is -1.10. The first-order valence-corrected chi connectivity index (χ1v) is 9.32. The molecule has 4 nitrogen and oxygen atoms in total. The fraction of sp³-hybridized carbons (Fsp3) is 0.0435. The fourth-order valence-electron chi connectivity index (χ4n) is 3.46. The van der Waals surface area contributed by atoms with Crippen molar-refractivity contribution in [1.82, 2.24) is 0 Å². The molecule has 1 heterocycles. The Kier molecular flexibility index (Phi) is 5.10. The summed E-state index contributed by atoms with van der Waals surface area (Å²) in [5, 5.41) is 11.3. The summed E-state index contributed by atoms with van der Waals surface area (Å²) in [6, 6.07) is 15.4. The van der Waals surface area contributed by atoms with Gasteiger partial charge in [-0.25, -0.2) is 8.78 Å². The zero-order valence-corrected chi connectivity index (χ0v) is 16.1. The van der Waals surface area contributed by atoms with Gasteiger partial charge in [0.2, 0.25) is 0 Å². The van der Waals surface area contributed by atoms with Crippen molar-refractivity contribution < 1.29 is 23.5 Å². The smallest absolute Gasteiger partial charge is 0.300 e. The molecule has 1 aliphatic rings. The molecule has 1 N–H and O–H groups in total. The van der Waals surface area contributed by atoms with Gasteiger partial charge in [0.15, 0.2) is 0 Å². The van der Waals surface area contributed by atoms with Gasteiger partial charge in [0.1, 0.15) is 17.4 Å². The van der Waals surface area contributed by atoms with E-state index in [2.05, 4.69) is 0 Å². The summed E-state index contributed by atoms with van der Waals surface area (Å²) in [6.07, 6.45) is 0. The molecule has 150 valence electrons. The monoisotopic (exact) mass is 425 g/mol. The van der Waals surface area contributed by atoms with Gasteiger partial charge < -0.3 is 5.11 Å². The number of hydrogen-bond acceptors (Lipinski definition) is 3. The molecule has 3 aromatic rings. The zero-order valence-electron chi connectivity index (χ0n) is 15.4. The first-order valence-electron chi connectivity index (χ1n) is 8.95. The summed E-state index contributed by atoms with van der Waals surface area (Å²) in [5.74, 6) is -3.33. The third-order valence-corrected chi connectivity index (χ3v) is 5.08. The van der Waals surface area contributed by atoms with Crippen LogP contribution in [0.25, 0.3) is 5.76 Å². The molecule has 0 bridgehead atoms. The van der Waals surface area contributed by atoms with Crippen LogP contribution in [0.15, 0.2) is 78.4 Å². The average molecular weight is 426 g/mol. The Morgan fingerprint density at radius 1 is 0.900 bits per heavy atom. The Morgan fingerprint density at radius 3 is 2.20 bits per heavy atom. The molecule has 1 amide bonds. The van der Waals surface area contributed by atoms with Gasteiger partial charge in [0.25, 0.3) is 11.7 Å². The molecule has 1 saturated heterocycles. The lowest BCUT2D eigenvalue weighted by Gasteiger charge is -2.25. The third-order valence-electron chi connectivity index (χ3n) is 4.83. The maximum Gasteiger partial charge on any atom is 0.300 e. The molecule has 0 spiro atoms. The molecule has 0 aromatic heterocycles. The largest absolute Gasteiger partial charge is 0.507 e. The van der Waals surface area contributed by atoms with Crippen molar-refractivity contribution in [2.75, 3.05) is 4.90 Å². The second-order valence-electron chi connectivity index (χ2n) is 6.71. The quantitative estimate of drug-likeness (QED) is 0.354. The van der Waals surface area contributed by atoms with E-state index in [0.717, 1.165) is 17.0 Å². The highest BCUT2D eigenvalue weighted by molar-refractivity contribution is 6.51. The number of carbonyl (C=O) groups is 2. The first-order chi connectivity index (χ1) is 14.4. The van der Waals surface area contributed by atoms with Crippen LogP contribution in [-0.4, -0.2) is 16.8 Å². The fourth-order valence-corrected chi connectivity index (χ4v) is 3.58. The zero-order chi connectivity index (χ0) is 21.4. The number of rotatable bonds is 3. The highest BCUT2D eigenvalue weighted by Gasteiger charge is 2.47. The van der Waals surface area contributed by atoms with Gasteiger partial charge in [-0.3, -0.25) is 14.5 Å². The highest BCUT2D eigenvalue weighted by atomic mass is 35.5. The Bertz CT molecular complexity index is 1170. The van der Waals surface area contributed by atoms with Crippen molar-refractivity contribution in [2.45, 2.75) is 6.04 Å². The molecule has 1 atom stereocenters. The van der Waals surface area contributed by atoms with Crippen molar-refractivity contribution in [3.05, 3.63) is 106 Å². The predicted molar refractivity (Wildman–Crippen MR) is 109 cm³/mol. The minimum absolute atomic E-state index is 0.197. The Balaban J connectivity index is 1.95. The number of aliphatic hydroxyl groups is 1. The summed E-state index contributed by atoms with van der Waals surface area (Å²) in [7, 11) is 0. The van der Waals surface area contributed by atoms with E-state index in [-0.39, 0.29) is 22.4 Å². The molecule has 3 aromatic carbocycles. The lowest BCUT2D eigenvalue weighted by Crippen LogP contribution is -2.29. The average Bonchev–Trinajstić information content (AvgIpc) is 3.00. The molecule has 0 unspecified atom stereocenters. The molecule has 0 saturated carbocycles. The summed E-state index contributed by atoms with van der Waals surface area (Å²) < 4.78 is 27.4. The van der Waals surface area contributed by atoms with E-state index in [4.69, 9.17) is 11.6 Å². The van der Waals surface area contributed by atoms with Crippen LogP contribution in [0.5, 0.6) is 0 Å². The van der Waals surface area contributed by atoms with E-state index in [9.17, 15) is 23.5 Å². The number of benzene rings is 3. The van der Waals surface area contributed by atoms with E-state index in [1.807, 2.05) is 0 Å². The number of aliphatic hydroxyl groups excluding tert-OH is 1. The number of nitrogens with zero attached hydrogens (tertiary/aromatic N) is 1. The molecule has 1 fully saturated rings. The number of halogens is 3. The van der Waals surface area contributed by atoms with Crippen LogP contribution in [0.3, 0.4) is 0 Å². The third kappa shape index (κ3) is 3.46. The van der Waals surface area contributed by atoms with Crippen LogP contribution in [0.2, 0.25) is 5.02 Å². The SMILES string of the molecule is O=C1C(=O)N(c2ccc(F)cc2)[C@H](c2cccc(F)c2)C1=C(O)c1ccc(Cl)cc1. The highest BCUT2D eigenvalue weighted by Crippen LogP contribution is 2.42. The number of hydrogen-bond donors (Lipinski definition) is 1. The van der Waals surface area contributed by atoms with E-state index in [1.165, 1.54) is 54.6 Å². The van der Waals surface area contributed by atoms with Crippen LogP contribution in [-0.2, 0) is 9.59 Å². The van der Waals surface area contributed by atoms with E-state index < -0.39 is 35.1 Å². The summed E-state index contributed by atoms with van der Waals surface area (Å²) in [5.41, 5.74) is 0.604. The van der Waals surface area contributed by atoms with Gasteiger partial charge in [-0.05, 0) is 66.2 Å². The van der Waals surface area contributed by atoms with Crippen LogP contribution in [0.1, 0.15) is 17.2 Å². The molecule has 0 radical (unpaired) electrons. The van der Waals surface area contributed by atoms with Crippen LogP contribution in [0.4, 0.5) is 14.5 Å². The van der Waals surface area contributed by atoms with Gasteiger partial charge in [-0.2, -0.15) is 0 Å². The Labute approximate surface area is 175 Å². The molecule has 4 rings (SSSR count). The number of anilines is 1. The Hall–Kier alpha value is -3.51. The first kappa shape index (κ1) is 19.8. The second-order valence-corrected chi connectivity index (χ2v) is 7.14. The van der Waals surface area contributed by atoms with E-state index >= 15 is 0 Å². The van der Waals surface area contributed by atoms with Gasteiger partial charge in [-0.1, -0.05) is 23.7 Å².